The van der Waals surface area contributed by atoms with Crippen LogP contribution in [0.25, 0.3) is 0 Å². The van der Waals surface area contributed by atoms with Crippen LogP contribution >= 0.6 is 0 Å². The summed E-state index contributed by atoms with van der Waals surface area (Å²) in [5.74, 6) is -0.477. The van der Waals surface area contributed by atoms with E-state index in [4.69, 9.17) is 9.84 Å². The third-order valence-corrected chi connectivity index (χ3v) is 1.78. The molecule has 6 nitrogen and oxygen atoms in total. The number of aliphatic hydroxyl groups is 1. The second kappa shape index (κ2) is 8.19. The predicted molar refractivity (Wildman–Crippen MR) is 54.2 cm³/mol. The summed E-state index contributed by atoms with van der Waals surface area (Å²) in [5, 5.41) is 11.1. The van der Waals surface area contributed by atoms with Gasteiger partial charge < -0.3 is 20.1 Å². The second-order valence-electron chi connectivity index (χ2n) is 3.01. The van der Waals surface area contributed by atoms with Crippen LogP contribution in [0.2, 0.25) is 0 Å². The molecule has 0 aliphatic carbocycles. The van der Waals surface area contributed by atoms with Gasteiger partial charge in [0.2, 0.25) is 11.8 Å². The minimum Gasteiger partial charge on any atom is -0.395 e. The lowest BCUT2D eigenvalue weighted by atomic mass is 10.4. The van der Waals surface area contributed by atoms with Gasteiger partial charge in [0.25, 0.3) is 0 Å². The van der Waals surface area contributed by atoms with Crippen molar-refractivity contribution in [1.29, 1.82) is 0 Å². The lowest BCUT2D eigenvalue weighted by molar-refractivity contribution is -0.133. The number of carbonyl (C=O) groups is 2. The Morgan fingerprint density at radius 2 is 2.07 bits per heavy atom. The minimum atomic E-state index is -0.251. The zero-order valence-corrected chi connectivity index (χ0v) is 9.15. The van der Waals surface area contributed by atoms with Crippen molar-refractivity contribution in [2.24, 2.45) is 0 Å². The van der Waals surface area contributed by atoms with Crippen LogP contribution in [-0.4, -0.2) is 61.8 Å². The molecule has 0 fully saturated rings. The van der Waals surface area contributed by atoms with Gasteiger partial charge in [0.15, 0.2) is 0 Å². The Morgan fingerprint density at radius 1 is 1.40 bits per heavy atom. The van der Waals surface area contributed by atoms with E-state index in [1.54, 1.807) is 0 Å². The van der Waals surface area contributed by atoms with Crippen molar-refractivity contribution < 1.29 is 19.4 Å². The van der Waals surface area contributed by atoms with Crippen molar-refractivity contribution >= 4 is 11.8 Å². The minimum absolute atomic E-state index is 0.0426. The summed E-state index contributed by atoms with van der Waals surface area (Å²) in [6.45, 7) is 2.27. The number of nitrogens with one attached hydrogen (secondary N) is 1. The average Bonchev–Trinajstić information content (AvgIpc) is 2.20. The summed E-state index contributed by atoms with van der Waals surface area (Å²) < 4.78 is 4.83. The maximum Gasteiger partial charge on any atom is 0.242 e. The Bertz CT molecular complexity index is 208. The van der Waals surface area contributed by atoms with Crippen LogP contribution in [0.4, 0.5) is 0 Å². The quantitative estimate of drug-likeness (QED) is 0.550. The number of carbonyl (C=O) groups excluding carboxylic acids is 2. The molecule has 6 heteroatoms. The normalized spacial score (nSPS) is 9.80. The molecule has 15 heavy (non-hydrogen) atoms. The van der Waals surface area contributed by atoms with Crippen LogP contribution in [-0.2, 0) is 14.3 Å². The number of hydrogen-bond donors (Lipinski definition) is 2. The van der Waals surface area contributed by atoms with Crippen LogP contribution in [0.3, 0.4) is 0 Å². The molecule has 0 aromatic rings. The number of aliphatic hydroxyl groups excluding tert-OH is 1. The van der Waals surface area contributed by atoms with E-state index in [9.17, 15) is 9.59 Å². The Balaban J connectivity index is 3.97. The first-order valence-corrected chi connectivity index (χ1v) is 4.73. The van der Waals surface area contributed by atoms with Crippen LogP contribution in [0.15, 0.2) is 0 Å². The van der Waals surface area contributed by atoms with Gasteiger partial charge in [-0.2, -0.15) is 0 Å². The number of hydrogen-bond acceptors (Lipinski definition) is 4. The zero-order chi connectivity index (χ0) is 11.7. The van der Waals surface area contributed by atoms with Gasteiger partial charge in [-0.1, -0.05) is 0 Å². The number of methoxy groups -OCH3 is 1. The smallest absolute Gasteiger partial charge is 0.242 e. The average molecular weight is 218 g/mol. The van der Waals surface area contributed by atoms with Crippen molar-refractivity contribution in [3.63, 3.8) is 0 Å². The summed E-state index contributed by atoms with van der Waals surface area (Å²) in [7, 11) is 1.54. The molecular formula is C9H18N2O4. The van der Waals surface area contributed by atoms with Gasteiger partial charge in [0.1, 0.15) is 0 Å². The van der Waals surface area contributed by atoms with Gasteiger partial charge in [-0.3, -0.25) is 9.59 Å². The lowest BCUT2D eigenvalue weighted by Gasteiger charge is -2.21. The highest BCUT2D eigenvalue weighted by molar-refractivity contribution is 5.83. The molecule has 2 N–H and O–H groups in total. The van der Waals surface area contributed by atoms with Crippen LogP contribution in [0.1, 0.15) is 6.92 Å². The maximum atomic E-state index is 11.5. The molecule has 0 rings (SSSR count). The van der Waals surface area contributed by atoms with Gasteiger partial charge in [0.05, 0.1) is 19.8 Å². The van der Waals surface area contributed by atoms with Crippen molar-refractivity contribution in [3.8, 4) is 0 Å². The largest absolute Gasteiger partial charge is 0.395 e. The van der Waals surface area contributed by atoms with Gasteiger partial charge in [-0.05, 0) is 0 Å². The van der Waals surface area contributed by atoms with Gasteiger partial charge in [0, 0.05) is 27.1 Å². The molecule has 0 aliphatic rings. The Morgan fingerprint density at radius 3 is 2.53 bits per heavy atom. The van der Waals surface area contributed by atoms with E-state index in [0.717, 1.165) is 0 Å². The van der Waals surface area contributed by atoms with E-state index in [0.29, 0.717) is 13.2 Å². The summed E-state index contributed by atoms with van der Waals surface area (Å²) in [6, 6.07) is 0. The Hall–Kier alpha value is -1.14. The highest BCUT2D eigenvalue weighted by atomic mass is 16.5. The van der Waals surface area contributed by atoms with Crippen molar-refractivity contribution in [2.75, 3.05) is 40.0 Å². The molecule has 0 atom stereocenters. The molecule has 0 bridgehead atoms. The summed E-state index contributed by atoms with van der Waals surface area (Å²) in [4.78, 5) is 23.5. The fourth-order valence-corrected chi connectivity index (χ4v) is 0.995. The molecule has 0 saturated carbocycles. The third-order valence-electron chi connectivity index (χ3n) is 1.78. The maximum absolute atomic E-state index is 11.5. The van der Waals surface area contributed by atoms with Crippen molar-refractivity contribution in [1.82, 2.24) is 10.2 Å². The fraction of sp³-hybridized carbons (Fsp3) is 0.778. The van der Waals surface area contributed by atoms with E-state index in [-0.39, 0.29) is 31.5 Å². The predicted octanol–water partition coefficient (Wildman–Crippen LogP) is -1.41. The molecule has 0 aliphatic heterocycles. The summed E-state index contributed by atoms with van der Waals surface area (Å²) in [6.07, 6.45) is 0. The monoisotopic (exact) mass is 218 g/mol. The standard InChI is InChI=1S/C9H18N2O4/c1-8(13)10-7-9(14)11(3-5-12)4-6-15-2/h12H,3-7H2,1-2H3,(H,10,13). The van der Waals surface area contributed by atoms with E-state index >= 15 is 0 Å². The third kappa shape index (κ3) is 6.87. The molecule has 0 spiro atoms. The van der Waals surface area contributed by atoms with E-state index in [1.807, 2.05) is 0 Å². The van der Waals surface area contributed by atoms with Crippen molar-refractivity contribution in [3.05, 3.63) is 0 Å². The zero-order valence-electron chi connectivity index (χ0n) is 9.15. The molecule has 88 valence electrons. The van der Waals surface area contributed by atoms with E-state index in [1.165, 1.54) is 18.9 Å². The molecule has 0 unspecified atom stereocenters. The second-order valence-corrected chi connectivity index (χ2v) is 3.01. The first-order valence-electron chi connectivity index (χ1n) is 4.73. The first kappa shape index (κ1) is 13.9. The molecular weight excluding hydrogens is 200 g/mol. The van der Waals surface area contributed by atoms with Crippen molar-refractivity contribution in [2.45, 2.75) is 6.92 Å². The van der Waals surface area contributed by atoms with E-state index in [2.05, 4.69) is 5.32 Å². The molecule has 0 heterocycles. The highest BCUT2D eigenvalue weighted by Crippen LogP contribution is 1.89. The number of rotatable bonds is 7. The van der Waals surface area contributed by atoms with Crippen LogP contribution in [0.5, 0.6) is 0 Å². The van der Waals surface area contributed by atoms with Gasteiger partial charge in [-0.25, -0.2) is 0 Å². The molecule has 0 aromatic heterocycles. The number of ether oxygens (including phenoxy) is 1. The van der Waals surface area contributed by atoms with Gasteiger partial charge >= 0.3 is 0 Å². The SMILES string of the molecule is COCCN(CCO)C(=O)CNC(C)=O. The molecule has 0 radical (unpaired) electrons. The van der Waals surface area contributed by atoms with Gasteiger partial charge in [-0.15, -0.1) is 0 Å². The topological polar surface area (TPSA) is 78.9 Å². The Kier molecular flexibility index (Phi) is 7.57. The van der Waals surface area contributed by atoms with Crippen LogP contribution in [0, 0.1) is 0 Å². The molecule has 0 aromatic carbocycles. The summed E-state index contributed by atoms with van der Waals surface area (Å²) in [5.41, 5.74) is 0. The number of amides is 2. The molecule has 2 amide bonds. The van der Waals surface area contributed by atoms with E-state index < -0.39 is 0 Å². The molecule has 0 saturated heterocycles. The number of nitrogens with zero attached hydrogens (tertiary/aromatic N) is 1. The lowest BCUT2D eigenvalue weighted by Crippen LogP contribution is -2.42. The fourth-order valence-electron chi connectivity index (χ4n) is 0.995. The van der Waals surface area contributed by atoms with Crippen LogP contribution < -0.4 is 5.32 Å². The first-order chi connectivity index (χ1) is 7.11. The highest BCUT2D eigenvalue weighted by Gasteiger charge is 2.12. The Labute approximate surface area is 89.2 Å². The summed E-state index contributed by atoms with van der Waals surface area (Å²) >= 11 is 0.